The van der Waals surface area contributed by atoms with E-state index in [2.05, 4.69) is 51.4 Å². The Kier molecular flexibility index (Phi) is 4.59. The molecule has 0 aromatic carbocycles. The molecule has 3 nitrogen and oxygen atoms in total. The Labute approximate surface area is 117 Å². The molecule has 4 heteroatoms. The summed E-state index contributed by atoms with van der Waals surface area (Å²) in [7, 11) is 2.12. The summed E-state index contributed by atoms with van der Waals surface area (Å²) in [6.45, 7) is 2.30. The van der Waals surface area contributed by atoms with Gasteiger partial charge in [-0.15, -0.1) is 0 Å². The fourth-order valence-electron chi connectivity index (χ4n) is 2.59. The van der Waals surface area contributed by atoms with Crippen molar-refractivity contribution in [3.63, 3.8) is 0 Å². The van der Waals surface area contributed by atoms with Gasteiger partial charge in [0.05, 0.1) is 0 Å². The zero-order chi connectivity index (χ0) is 12.3. The quantitative estimate of drug-likeness (QED) is 0.786. The molecular weight excluding hydrogens is 325 g/mol. The van der Waals surface area contributed by atoms with Gasteiger partial charge in [-0.25, -0.2) is 9.97 Å². The van der Waals surface area contributed by atoms with Gasteiger partial charge in [0.15, 0.2) is 0 Å². The van der Waals surface area contributed by atoms with E-state index >= 15 is 0 Å². The Hall–Kier alpha value is -0.390. The minimum Gasteiger partial charge on any atom is -0.341 e. The molecule has 0 radical (unpaired) electrons. The van der Waals surface area contributed by atoms with E-state index in [-0.39, 0.29) is 0 Å². The van der Waals surface area contributed by atoms with E-state index in [0.29, 0.717) is 6.04 Å². The molecule has 0 saturated heterocycles. The summed E-state index contributed by atoms with van der Waals surface area (Å²) in [5, 5.41) is 0. The van der Waals surface area contributed by atoms with Crippen LogP contribution in [-0.2, 0) is 0 Å². The molecule has 0 atom stereocenters. The van der Waals surface area contributed by atoms with E-state index < -0.39 is 0 Å². The normalized spacial score (nSPS) is 24.6. The first-order valence-electron chi connectivity index (χ1n) is 6.41. The maximum atomic E-state index is 4.40. The number of halogens is 1. The van der Waals surface area contributed by atoms with Gasteiger partial charge in [0.2, 0.25) is 5.95 Å². The molecular formula is C13H20IN3. The van der Waals surface area contributed by atoms with Gasteiger partial charge in [-0.3, -0.25) is 0 Å². The lowest BCUT2D eigenvalue weighted by molar-refractivity contribution is 0.312. The second-order valence-electron chi connectivity index (χ2n) is 4.89. The van der Waals surface area contributed by atoms with Crippen molar-refractivity contribution in [3.05, 3.63) is 16.0 Å². The summed E-state index contributed by atoms with van der Waals surface area (Å²) in [6, 6.07) is 0.623. The maximum Gasteiger partial charge on any atom is 0.225 e. The average Bonchev–Trinajstić information content (AvgIpc) is 2.39. The van der Waals surface area contributed by atoms with Gasteiger partial charge in [0.25, 0.3) is 0 Å². The zero-order valence-corrected chi connectivity index (χ0v) is 12.7. The topological polar surface area (TPSA) is 29.0 Å². The highest BCUT2D eigenvalue weighted by molar-refractivity contribution is 14.1. The summed E-state index contributed by atoms with van der Waals surface area (Å²) < 4.78 is 1.09. The molecule has 1 saturated carbocycles. The smallest absolute Gasteiger partial charge is 0.225 e. The van der Waals surface area contributed by atoms with Crippen LogP contribution in [0.1, 0.15) is 39.0 Å². The van der Waals surface area contributed by atoms with Crippen molar-refractivity contribution in [2.24, 2.45) is 5.92 Å². The maximum absolute atomic E-state index is 4.40. The van der Waals surface area contributed by atoms with Crippen LogP contribution in [0.4, 0.5) is 5.95 Å². The summed E-state index contributed by atoms with van der Waals surface area (Å²) in [5.41, 5.74) is 0. The third-order valence-electron chi connectivity index (χ3n) is 3.86. The van der Waals surface area contributed by atoms with Gasteiger partial charge in [0.1, 0.15) is 0 Å². The first-order valence-corrected chi connectivity index (χ1v) is 7.49. The summed E-state index contributed by atoms with van der Waals surface area (Å²) >= 11 is 2.24. The lowest BCUT2D eigenvalue weighted by Gasteiger charge is -2.34. The van der Waals surface area contributed by atoms with Crippen LogP contribution in [0.25, 0.3) is 0 Å². The molecule has 0 spiro atoms. The number of hydrogen-bond acceptors (Lipinski definition) is 3. The molecule has 0 aliphatic heterocycles. The van der Waals surface area contributed by atoms with Crippen LogP contribution in [-0.4, -0.2) is 23.1 Å². The third-order valence-corrected chi connectivity index (χ3v) is 4.42. The molecule has 17 heavy (non-hydrogen) atoms. The molecule has 1 aliphatic rings. The van der Waals surface area contributed by atoms with Gasteiger partial charge < -0.3 is 4.90 Å². The van der Waals surface area contributed by atoms with Crippen molar-refractivity contribution in [2.45, 2.75) is 45.1 Å². The van der Waals surface area contributed by atoms with Crippen molar-refractivity contribution < 1.29 is 0 Å². The molecule has 1 aromatic rings. The number of anilines is 1. The van der Waals surface area contributed by atoms with Gasteiger partial charge in [-0.05, 0) is 54.2 Å². The first kappa shape index (κ1) is 13.1. The van der Waals surface area contributed by atoms with Crippen LogP contribution in [0.3, 0.4) is 0 Å². The minimum atomic E-state index is 0.623. The number of nitrogens with zero attached hydrogens (tertiary/aromatic N) is 3. The SMILES string of the molecule is CCC1CCC(N(C)c2ncc(I)cn2)CC1. The molecule has 2 rings (SSSR count). The van der Waals surface area contributed by atoms with Gasteiger partial charge in [-0.2, -0.15) is 0 Å². The van der Waals surface area contributed by atoms with Crippen LogP contribution < -0.4 is 4.90 Å². The minimum absolute atomic E-state index is 0.623. The molecule has 0 N–H and O–H groups in total. The fourth-order valence-corrected chi connectivity index (χ4v) is 2.87. The molecule has 1 fully saturated rings. The van der Waals surface area contributed by atoms with E-state index in [1.165, 1.54) is 32.1 Å². The molecule has 1 aromatic heterocycles. The Balaban J connectivity index is 1.96. The summed E-state index contributed by atoms with van der Waals surface area (Å²) in [5.74, 6) is 1.81. The highest BCUT2D eigenvalue weighted by atomic mass is 127. The molecule has 0 bridgehead atoms. The van der Waals surface area contributed by atoms with Gasteiger partial charge >= 0.3 is 0 Å². The van der Waals surface area contributed by atoms with E-state index in [1.54, 1.807) is 0 Å². The lowest BCUT2D eigenvalue weighted by atomic mass is 9.84. The van der Waals surface area contributed by atoms with Crippen molar-refractivity contribution >= 4 is 28.5 Å². The Bertz CT molecular complexity index is 344. The second-order valence-corrected chi connectivity index (χ2v) is 6.14. The fraction of sp³-hybridized carbons (Fsp3) is 0.692. The summed E-state index contributed by atoms with van der Waals surface area (Å²) in [6.07, 6.45) is 10.4. The Morgan fingerprint density at radius 3 is 2.35 bits per heavy atom. The van der Waals surface area contributed by atoms with E-state index in [9.17, 15) is 0 Å². The van der Waals surface area contributed by atoms with Crippen molar-refractivity contribution in [1.82, 2.24) is 9.97 Å². The van der Waals surface area contributed by atoms with Crippen LogP contribution >= 0.6 is 22.6 Å². The van der Waals surface area contributed by atoms with Gasteiger partial charge in [-0.1, -0.05) is 13.3 Å². The van der Waals surface area contributed by atoms with E-state index in [1.807, 2.05) is 12.4 Å². The highest BCUT2D eigenvalue weighted by Gasteiger charge is 2.24. The van der Waals surface area contributed by atoms with Crippen LogP contribution in [0, 0.1) is 9.49 Å². The number of rotatable bonds is 3. The third kappa shape index (κ3) is 3.30. The van der Waals surface area contributed by atoms with Crippen molar-refractivity contribution in [3.8, 4) is 0 Å². The summed E-state index contributed by atoms with van der Waals surface area (Å²) in [4.78, 5) is 11.1. The first-order chi connectivity index (χ1) is 8.20. The number of hydrogen-bond donors (Lipinski definition) is 0. The molecule has 0 unspecified atom stereocenters. The highest BCUT2D eigenvalue weighted by Crippen LogP contribution is 2.30. The predicted octanol–water partition coefficient (Wildman–Crippen LogP) is 3.49. The second kappa shape index (κ2) is 5.98. The van der Waals surface area contributed by atoms with E-state index in [4.69, 9.17) is 0 Å². The monoisotopic (exact) mass is 345 g/mol. The van der Waals surface area contributed by atoms with E-state index in [0.717, 1.165) is 15.4 Å². The lowest BCUT2D eigenvalue weighted by Crippen LogP contribution is -2.36. The molecule has 1 heterocycles. The van der Waals surface area contributed by atoms with Crippen LogP contribution in [0.5, 0.6) is 0 Å². The van der Waals surface area contributed by atoms with Crippen molar-refractivity contribution in [2.75, 3.05) is 11.9 Å². The number of aromatic nitrogens is 2. The largest absolute Gasteiger partial charge is 0.341 e. The standard InChI is InChI=1S/C13H20IN3/c1-3-10-4-6-12(7-5-10)17(2)13-15-8-11(14)9-16-13/h8-10,12H,3-7H2,1-2H3. The van der Waals surface area contributed by atoms with Crippen molar-refractivity contribution in [1.29, 1.82) is 0 Å². The Morgan fingerprint density at radius 2 is 1.82 bits per heavy atom. The zero-order valence-electron chi connectivity index (χ0n) is 10.6. The average molecular weight is 345 g/mol. The molecule has 0 amide bonds. The van der Waals surface area contributed by atoms with Gasteiger partial charge in [0, 0.05) is 29.1 Å². The van der Waals surface area contributed by atoms with Crippen LogP contribution in [0.15, 0.2) is 12.4 Å². The predicted molar refractivity (Wildman–Crippen MR) is 79.2 cm³/mol. The molecule has 94 valence electrons. The van der Waals surface area contributed by atoms with Crippen LogP contribution in [0.2, 0.25) is 0 Å². The molecule has 1 aliphatic carbocycles. The Morgan fingerprint density at radius 1 is 1.24 bits per heavy atom.